The van der Waals surface area contributed by atoms with E-state index >= 15 is 0 Å². The minimum atomic E-state index is 0.460. The van der Waals surface area contributed by atoms with Crippen LogP contribution in [0.1, 0.15) is 24.8 Å². The molecule has 0 spiro atoms. The zero-order valence-corrected chi connectivity index (χ0v) is 11.1. The van der Waals surface area contributed by atoms with Crippen LogP contribution in [-0.2, 0) is 11.3 Å². The summed E-state index contributed by atoms with van der Waals surface area (Å²) in [5.74, 6) is 0. The Morgan fingerprint density at radius 2 is 2.22 bits per heavy atom. The van der Waals surface area contributed by atoms with E-state index in [2.05, 4.69) is 34.5 Å². The van der Waals surface area contributed by atoms with Crippen LogP contribution in [0.3, 0.4) is 0 Å². The Kier molecular flexibility index (Phi) is 3.52. The fourth-order valence-corrected chi connectivity index (χ4v) is 3.36. The number of fused-ring (bicyclic) bond motifs is 1. The molecule has 1 aromatic rings. The molecule has 0 aromatic heterocycles. The first-order valence-electron chi connectivity index (χ1n) is 7.01. The predicted molar refractivity (Wildman–Crippen MR) is 73.9 cm³/mol. The zero-order valence-electron chi connectivity index (χ0n) is 11.1. The zero-order chi connectivity index (χ0) is 12.4. The van der Waals surface area contributed by atoms with Crippen molar-refractivity contribution in [2.24, 2.45) is 0 Å². The van der Waals surface area contributed by atoms with Crippen LogP contribution in [-0.4, -0.2) is 32.3 Å². The average Bonchev–Trinajstić information content (AvgIpc) is 2.88. The minimum absolute atomic E-state index is 0.460. The van der Waals surface area contributed by atoms with Crippen LogP contribution in [0.15, 0.2) is 24.3 Å². The molecular formula is C15H22N2O. The monoisotopic (exact) mass is 246 g/mol. The molecule has 1 heterocycles. The Hall–Kier alpha value is -1.06. The van der Waals surface area contributed by atoms with Crippen LogP contribution in [0.25, 0.3) is 0 Å². The fourth-order valence-electron chi connectivity index (χ4n) is 3.36. The number of rotatable bonds is 3. The number of anilines is 1. The van der Waals surface area contributed by atoms with Gasteiger partial charge in [0.1, 0.15) is 0 Å². The molecule has 1 N–H and O–H groups in total. The molecule has 18 heavy (non-hydrogen) atoms. The smallest absolute Gasteiger partial charge is 0.0779 e. The molecule has 3 heteroatoms. The lowest BCUT2D eigenvalue weighted by Gasteiger charge is -2.40. The third-order valence-electron chi connectivity index (χ3n) is 4.15. The summed E-state index contributed by atoms with van der Waals surface area (Å²) in [5.41, 5.74) is 2.79. The van der Waals surface area contributed by atoms with Gasteiger partial charge in [0, 0.05) is 18.8 Å². The van der Waals surface area contributed by atoms with Gasteiger partial charge in [0.25, 0.3) is 0 Å². The Labute approximate surface area is 109 Å². The van der Waals surface area contributed by atoms with Crippen LogP contribution in [0.2, 0.25) is 0 Å². The normalized spacial score (nSPS) is 27.3. The summed E-state index contributed by atoms with van der Waals surface area (Å²) in [6.07, 6.45) is 4.27. The van der Waals surface area contributed by atoms with Gasteiger partial charge in [0.2, 0.25) is 0 Å². The molecule has 98 valence electrons. The third kappa shape index (κ3) is 2.13. The molecule has 3 rings (SSSR count). The molecule has 2 aliphatic rings. The Balaban J connectivity index is 1.88. The van der Waals surface area contributed by atoms with Crippen molar-refractivity contribution < 1.29 is 4.74 Å². The number of para-hydroxylation sites is 1. The van der Waals surface area contributed by atoms with Gasteiger partial charge in [-0.3, -0.25) is 0 Å². The van der Waals surface area contributed by atoms with E-state index in [1.165, 1.54) is 30.5 Å². The molecule has 2 fully saturated rings. The van der Waals surface area contributed by atoms with E-state index in [1.807, 2.05) is 7.05 Å². The van der Waals surface area contributed by atoms with E-state index in [1.54, 1.807) is 0 Å². The van der Waals surface area contributed by atoms with E-state index in [4.69, 9.17) is 4.74 Å². The molecule has 0 amide bonds. The minimum Gasteiger partial charge on any atom is -0.374 e. The Morgan fingerprint density at radius 3 is 3.11 bits per heavy atom. The maximum atomic E-state index is 5.90. The lowest BCUT2D eigenvalue weighted by molar-refractivity contribution is 0.0256. The second-order valence-electron chi connectivity index (χ2n) is 5.26. The van der Waals surface area contributed by atoms with Crippen LogP contribution >= 0.6 is 0 Å². The molecule has 3 nitrogen and oxygen atoms in total. The highest BCUT2D eigenvalue weighted by molar-refractivity contribution is 5.55. The maximum absolute atomic E-state index is 5.90. The lowest BCUT2D eigenvalue weighted by atomic mass is 10.1. The van der Waals surface area contributed by atoms with Gasteiger partial charge in [-0.15, -0.1) is 0 Å². The van der Waals surface area contributed by atoms with Crippen molar-refractivity contribution in [1.82, 2.24) is 5.32 Å². The van der Waals surface area contributed by atoms with Crippen molar-refractivity contribution in [3.05, 3.63) is 29.8 Å². The molecular weight excluding hydrogens is 224 g/mol. The van der Waals surface area contributed by atoms with Crippen LogP contribution in [0, 0.1) is 0 Å². The van der Waals surface area contributed by atoms with Gasteiger partial charge >= 0.3 is 0 Å². The van der Waals surface area contributed by atoms with E-state index < -0.39 is 0 Å². The highest BCUT2D eigenvalue weighted by atomic mass is 16.5. The molecule has 1 aliphatic carbocycles. The van der Waals surface area contributed by atoms with Gasteiger partial charge < -0.3 is 15.0 Å². The number of hydrogen-bond donors (Lipinski definition) is 1. The number of nitrogens with zero attached hydrogens (tertiary/aromatic N) is 1. The molecule has 1 saturated carbocycles. The van der Waals surface area contributed by atoms with Gasteiger partial charge in [-0.25, -0.2) is 0 Å². The van der Waals surface area contributed by atoms with Gasteiger partial charge in [0.05, 0.1) is 18.8 Å². The number of hydrogen-bond acceptors (Lipinski definition) is 3. The number of morpholine rings is 1. The first kappa shape index (κ1) is 12.0. The second kappa shape index (κ2) is 5.29. The van der Waals surface area contributed by atoms with Gasteiger partial charge in [-0.2, -0.15) is 0 Å². The fraction of sp³-hybridized carbons (Fsp3) is 0.600. The molecule has 2 atom stereocenters. The summed E-state index contributed by atoms with van der Waals surface area (Å²) in [6, 6.07) is 9.35. The third-order valence-corrected chi connectivity index (χ3v) is 4.15. The molecule has 0 radical (unpaired) electrons. The number of benzene rings is 1. The Bertz CT molecular complexity index is 407. The van der Waals surface area contributed by atoms with Crippen molar-refractivity contribution in [2.45, 2.75) is 38.0 Å². The van der Waals surface area contributed by atoms with Crippen molar-refractivity contribution in [3.63, 3.8) is 0 Å². The van der Waals surface area contributed by atoms with Gasteiger partial charge in [-0.1, -0.05) is 18.2 Å². The van der Waals surface area contributed by atoms with E-state index in [0.717, 1.165) is 19.7 Å². The molecule has 0 bridgehead atoms. The lowest BCUT2D eigenvalue weighted by Crippen LogP contribution is -2.49. The quantitative estimate of drug-likeness (QED) is 0.884. The highest BCUT2D eigenvalue weighted by Gasteiger charge is 2.36. The molecule has 1 saturated heterocycles. The molecule has 2 unspecified atom stereocenters. The van der Waals surface area contributed by atoms with Crippen molar-refractivity contribution in [2.75, 3.05) is 25.1 Å². The van der Waals surface area contributed by atoms with Gasteiger partial charge in [-0.05, 0) is 37.9 Å². The molecule has 1 aliphatic heterocycles. The standard InChI is InChI=1S/C15H22N2O/c1-16-11-12-5-2-3-6-13(12)17-9-10-18-15-8-4-7-14(15)17/h2-3,5-6,14-16H,4,7-11H2,1H3. The largest absolute Gasteiger partial charge is 0.374 e. The SMILES string of the molecule is CNCc1ccccc1N1CCOC2CCCC21. The Morgan fingerprint density at radius 1 is 1.33 bits per heavy atom. The summed E-state index contributed by atoms with van der Waals surface area (Å²) in [5, 5.41) is 3.27. The van der Waals surface area contributed by atoms with E-state index in [-0.39, 0.29) is 0 Å². The van der Waals surface area contributed by atoms with Crippen molar-refractivity contribution in [1.29, 1.82) is 0 Å². The van der Waals surface area contributed by atoms with Gasteiger partial charge in [0.15, 0.2) is 0 Å². The number of ether oxygens (including phenoxy) is 1. The number of nitrogens with one attached hydrogen (secondary N) is 1. The van der Waals surface area contributed by atoms with Crippen molar-refractivity contribution in [3.8, 4) is 0 Å². The predicted octanol–water partition coefficient (Wildman–Crippen LogP) is 2.16. The maximum Gasteiger partial charge on any atom is 0.0779 e. The average molecular weight is 246 g/mol. The first-order valence-corrected chi connectivity index (χ1v) is 7.01. The summed E-state index contributed by atoms with van der Waals surface area (Å²) in [6.45, 7) is 2.84. The van der Waals surface area contributed by atoms with Crippen LogP contribution < -0.4 is 10.2 Å². The summed E-state index contributed by atoms with van der Waals surface area (Å²) in [4.78, 5) is 2.58. The van der Waals surface area contributed by atoms with E-state index in [0.29, 0.717) is 12.1 Å². The molecule has 1 aromatic carbocycles. The topological polar surface area (TPSA) is 24.5 Å². The van der Waals surface area contributed by atoms with E-state index in [9.17, 15) is 0 Å². The van der Waals surface area contributed by atoms with Crippen LogP contribution in [0.5, 0.6) is 0 Å². The summed E-state index contributed by atoms with van der Waals surface area (Å²) >= 11 is 0. The first-order chi connectivity index (χ1) is 8.90. The van der Waals surface area contributed by atoms with Crippen molar-refractivity contribution >= 4 is 5.69 Å². The summed E-state index contributed by atoms with van der Waals surface area (Å²) < 4.78 is 5.90. The second-order valence-corrected chi connectivity index (χ2v) is 5.26. The van der Waals surface area contributed by atoms with Crippen LogP contribution in [0.4, 0.5) is 5.69 Å². The highest BCUT2D eigenvalue weighted by Crippen LogP contribution is 2.34. The summed E-state index contributed by atoms with van der Waals surface area (Å²) in [7, 11) is 2.01.